The van der Waals surface area contributed by atoms with Crippen LogP contribution in [0, 0.1) is 5.82 Å². The molecule has 1 fully saturated rings. The molecule has 1 amide bonds. The number of aromatic nitrogens is 2. The van der Waals surface area contributed by atoms with Crippen LogP contribution in [-0.2, 0) is 0 Å². The fraction of sp³-hybridized carbons (Fsp3) is 0.385. The Bertz CT molecular complexity index is 621. The van der Waals surface area contributed by atoms with Gasteiger partial charge in [-0.1, -0.05) is 0 Å². The molecule has 0 spiro atoms. The number of fused-ring (bicyclic) bond motifs is 1. The lowest BCUT2D eigenvalue weighted by Gasteiger charge is -2.21. The highest BCUT2D eigenvalue weighted by Crippen LogP contribution is 2.29. The lowest BCUT2D eigenvalue weighted by Crippen LogP contribution is -2.35. The van der Waals surface area contributed by atoms with Crippen molar-refractivity contribution in [2.45, 2.75) is 18.9 Å². The van der Waals surface area contributed by atoms with Crippen molar-refractivity contribution in [2.24, 2.45) is 0 Å². The number of rotatable bonds is 4. The van der Waals surface area contributed by atoms with Gasteiger partial charge in [0.2, 0.25) is 0 Å². The average Bonchev–Trinajstić information content (AvgIpc) is 3.12. The van der Waals surface area contributed by atoms with Crippen molar-refractivity contribution in [3.05, 3.63) is 29.8 Å². The molecule has 3 rings (SSSR count). The number of carbonyl (C=O) groups excluding carboxylic acids is 1. The first-order chi connectivity index (χ1) is 9.20. The van der Waals surface area contributed by atoms with E-state index in [2.05, 4.69) is 9.97 Å². The molecule has 0 radical (unpaired) electrons. The zero-order valence-corrected chi connectivity index (χ0v) is 10.3. The molecule has 2 N–H and O–H groups in total. The maximum atomic E-state index is 13.5. The van der Waals surface area contributed by atoms with Gasteiger partial charge in [0.1, 0.15) is 11.3 Å². The summed E-state index contributed by atoms with van der Waals surface area (Å²) in [5, 5.41) is 9.05. The quantitative estimate of drug-likeness (QED) is 0.873. The molecule has 6 heteroatoms. The summed E-state index contributed by atoms with van der Waals surface area (Å²) in [5.41, 5.74) is 1.22. The van der Waals surface area contributed by atoms with E-state index in [9.17, 15) is 9.18 Å². The smallest absolute Gasteiger partial charge is 0.256 e. The Morgan fingerprint density at radius 3 is 3.00 bits per heavy atom. The van der Waals surface area contributed by atoms with Crippen LogP contribution in [0.1, 0.15) is 23.2 Å². The second kappa shape index (κ2) is 4.62. The lowest BCUT2D eigenvalue weighted by molar-refractivity contribution is 0.0709. The van der Waals surface area contributed by atoms with Crippen LogP contribution in [0.4, 0.5) is 4.39 Å². The molecule has 19 heavy (non-hydrogen) atoms. The average molecular weight is 263 g/mol. The van der Waals surface area contributed by atoms with E-state index in [0.717, 1.165) is 12.8 Å². The van der Waals surface area contributed by atoms with E-state index in [4.69, 9.17) is 5.11 Å². The van der Waals surface area contributed by atoms with Gasteiger partial charge in [0, 0.05) is 12.6 Å². The summed E-state index contributed by atoms with van der Waals surface area (Å²) in [6, 6.07) is 2.68. The van der Waals surface area contributed by atoms with E-state index in [1.165, 1.54) is 18.5 Å². The number of hydrogen-bond acceptors (Lipinski definition) is 3. The zero-order chi connectivity index (χ0) is 13.4. The zero-order valence-electron chi connectivity index (χ0n) is 10.3. The largest absolute Gasteiger partial charge is 0.395 e. The van der Waals surface area contributed by atoms with Gasteiger partial charge in [-0.15, -0.1) is 0 Å². The number of imidazole rings is 1. The van der Waals surface area contributed by atoms with Crippen LogP contribution in [0.2, 0.25) is 0 Å². The molecule has 100 valence electrons. The van der Waals surface area contributed by atoms with Crippen LogP contribution >= 0.6 is 0 Å². The number of aromatic amines is 1. The summed E-state index contributed by atoms with van der Waals surface area (Å²) < 4.78 is 13.5. The molecule has 1 aliphatic rings. The Morgan fingerprint density at radius 1 is 1.53 bits per heavy atom. The monoisotopic (exact) mass is 263 g/mol. The summed E-state index contributed by atoms with van der Waals surface area (Å²) >= 11 is 0. The number of aliphatic hydroxyl groups is 1. The molecule has 1 saturated carbocycles. The van der Waals surface area contributed by atoms with Gasteiger partial charge in [0.25, 0.3) is 5.91 Å². The number of nitrogens with one attached hydrogen (secondary N) is 1. The summed E-state index contributed by atoms with van der Waals surface area (Å²) in [4.78, 5) is 20.9. The highest BCUT2D eigenvalue weighted by Gasteiger charge is 2.33. The molecular weight excluding hydrogens is 249 g/mol. The molecule has 0 unspecified atom stereocenters. The minimum absolute atomic E-state index is 0.0960. The molecule has 0 atom stereocenters. The fourth-order valence-corrected chi connectivity index (χ4v) is 2.28. The number of H-pyrrole nitrogens is 1. The van der Waals surface area contributed by atoms with E-state index in [1.807, 2.05) is 0 Å². The van der Waals surface area contributed by atoms with E-state index in [1.54, 1.807) is 4.90 Å². The van der Waals surface area contributed by atoms with Crippen molar-refractivity contribution in [1.82, 2.24) is 14.9 Å². The summed E-state index contributed by atoms with van der Waals surface area (Å²) in [6.07, 6.45) is 3.31. The number of nitrogens with zero attached hydrogens (tertiary/aromatic N) is 2. The van der Waals surface area contributed by atoms with Gasteiger partial charge >= 0.3 is 0 Å². The number of benzene rings is 1. The number of carbonyl (C=O) groups is 1. The first kappa shape index (κ1) is 12.1. The Kier molecular flexibility index (Phi) is 2.94. The van der Waals surface area contributed by atoms with Gasteiger partial charge < -0.3 is 15.0 Å². The molecule has 1 aliphatic carbocycles. The predicted octanol–water partition coefficient (Wildman–Crippen LogP) is 1.30. The Hall–Kier alpha value is -1.95. The van der Waals surface area contributed by atoms with Crippen LogP contribution in [0.5, 0.6) is 0 Å². The van der Waals surface area contributed by atoms with E-state index >= 15 is 0 Å². The van der Waals surface area contributed by atoms with Gasteiger partial charge in [-0.05, 0) is 25.0 Å². The number of hydrogen-bond donors (Lipinski definition) is 2. The van der Waals surface area contributed by atoms with E-state index in [-0.39, 0.29) is 30.7 Å². The normalized spacial score (nSPS) is 14.8. The van der Waals surface area contributed by atoms with Gasteiger partial charge in [-0.2, -0.15) is 0 Å². The van der Waals surface area contributed by atoms with Crippen molar-refractivity contribution < 1.29 is 14.3 Å². The number of aliphatic hydroxyl groups excluding tert-OH is 1. The fourth-order valence-electron chi connectivity index (χ4n) is 2.28. The third-order valence-corrected chi connectivity index (χ3v) is 3.31. The predicted molar refractivity (Wildman–Crippen MR) is 67.2 cm³/mol. The third-order valence-electron chi connectivity index (χ3n) is 3.31. The van der Waals surface area contributed by atoms with Crippen LogP contribution in [0.3, 0.4) is 0 Å². The van der Waals surface area contributed by atoms with Crippen LogP contribution < -0.4 is 0 Å². The summed E-state index contributed by atoms with van der Waals surface area (Å²) in [6.45, 7) is 0.174. The topological polar surface area (TPSA) is 69.2 Å². The molecule has 0 saturated heterocycles. The first-order valence-corrected chi connectivity index (χ1v) is 6.25. The molecule has 1 heterocycles. The standard InChI is InChI=1S/C13H14FN3O2/c14-8-5-10(12-11(6-8)15-7-16-12)13(19)17(3-4-18)9-1-2-9/h5-7,9,18H,1-4H2,(H,15,16). The van der Waals surface area contributed by atoms with Gasteiger partial charge in [-0.3, -0.25) is 4.79 Å². The molecule has 5 nitrogen and oxygen atoms in total. The molecule has 1 aromatic carbocycles. The summed E-state index contributed by atoms with van der Waals surface area (Å²) in [5.74, 6) is -0.743. The van der Waals surface area contributed by atoms with Gasteiger partial charge in [0.05, 0.1) is 24.0 Å². The highest BCUT2D eigenvalue weighted by atomic mass is 19.1. The van der Waals surface area contributed by atoms with Crippen molar-refractivity contribution >= 4 is 16.9 Å². The molecule has 0 aliphatic heterocycles. The Morgan fingerprint density at radius 2 is 2.32 bits per heavy atom. The minimum Gasteiger partial charge on any atom is -0.395 e. The summed E-state index contributed by atoms with van der Waals surface area (Å²) in [7, 11) is 0. The molecular formula is C13H14FN3O2. The second-order valence-electron chi connectivity index (χ2n) is 4.71. The van der Waals surface area contributed by atoms with Crippen molar-refractivity contribution in [1.29, 1.82) is 0 Å². The molecule has 2 aromatic rings. The van der Waals surface area contributed by atoms with Crippen LogP contribution in [0.25, 0.3) is 11.0 Å². The Labute approximate surface area is 109 Å². The van der Waals surface area contributed by atoms with Crippen molar-refractivity contribution in [3.8, 4) is 0 Å². The van der Waals surface area contributed by atoms with Gasteiger partial charge in [0.15, 0.2) is 0 Å². The minimum atomic E-state index is -0.472. The maximum absolute atomic E-state index is 13.5. The molecule has 1 aromatic heterocycles. The SMILES string of the molecule is O=C(c1cc(F)cc2[nH]cnc12)N(CCO)C1CC1. The van der Waals surface area contributed by atoms with Crippen molar-refractivity contribution in [3.63, 3.8) is 0 Å². The lowest BCUT2D eigenvalue weighted by atomic mass is 10.1. The van der Waals surface area contributed by atoms with Crippen molar-refractivity contribution in [2.75, 3.05) is 13.2 Å². The third kappa shape index (κ3) is 2.19. The molecule has 0 bridgehead atoms. The maximum Gasteiger partial charge on any atom is 0.256 e. The van der Waals surface area contributed by atoms with Crippen LogP contribution in [-0.4, -0.2) is 45.1 Å². The van der Waals surface area contributed by atoms with Gasteiger partial charge in [-0.25, -0.2) is 9.37 Å². The number of amides is 1. The number of halogens is 1. The highest BCUT2D eigenvalue weighted by molar-refractivity contribution is 6.05. The van der Waals surface area contributed by atoms with E-state index in [0.29, 0.717) is 11.0 Å². The van der Waals surface area contributed by atoms with E-state index < -0.39 is 5.82 Å². The Balaban J connectivity index is 2.02. The van der Waals surface area contributed by atoms with Crippen LogP contribution in [0.15, 0.2) is 18.5 Å². The first-order valence-electron chi connectivity index (χ1n) is 6.25. The second-order valence-corrected chi connectivity index (χ2v) is 4.71.